The van der Waals surface area contributed by atoms with E-state index in [1.165, 1.54) is 29.2 Å². The first-order valence-electron chi connectivity index (χ1n) is 10.7. The van der Waals surface area contributed by atoms with Crippen LogP contribution in [0.15, 0.2) is 48.2 Å². The van der Waals surface area contributed by atoms with E-state index in [1.807, 2.05) is 32.0 Å². The summed E-state index contributed by atoms with van der Waals surface area (Å²) in [5.74, 6) is -1.15. The van der Waals surface area contributed by atoms with Crippen LogP contribution >= 0.6 is 0 Å². The molecular weight excluding hydrogens is 395 g/mol. The number of halogens is 1. The first-order chi connectivity index (χ1) is 14.9. The highest BCUT2D eigenvalue weighted by Gasteiger charge is 2.39. The lowest BCUT2D eigenvalue weighted by Gasteiger charge is -2.16. The van der Waals surface area contributed by atoms with E-state index in [2.05, 4.69) is 12.2 Å². The van der Waals surface area contributed by atoms with Crippen LogP contribution in [0.4, 0.5) is 10.1 Å². The first kappa shape index (κ1) is 22.7. The van der Waals surface area contributed by atoms with Crippen molar-refractivity contribution in [1.82, 2.24) is 4.90 Å². The molecule has 0 unspecified atom stereocenters. The molecule has 0 saturated carbocycles. The van der Waals surface area contributed by atoms with Crippen LogP contribution in [0.25, 0.3) is 5.57 Å². The van der Waals surface area contributed by atoms with E-state index >= 15 is 0 Å². The molecule has 0 spiro atoms. The van der Waals surface area contributed by atoms with Crippen molar-refractivity contribution in [3.05, 3.63) is 70.7 Å². The van der Waals surface area contributed by atoms with Gasteiger partial charge in [-0.1, -0.05) is 37.6 Å². The van der Waals surface area contributed by atoms with Crippen molar-refractivity contribution >= 4 is 23.1 Å². The average molecular weight is 425 g/mol. The van der Waals surface area contributed by atoms with Crippen molar-refractivity contribution < 1.29 is 18.7 Å². The maximum Gasteiger partial charge on any atom is 0.278 e. The van der Waals surface area contributed by atoms with Crippen LogP contribution in [0.1, 0.15) is 42.9 Å². The molecule has 31 heavy (non-hydrogen) atoms. The number of hydrogen-bond donors (Lipinski definition) is 1. The molecule has 2 amide bonds. The van der Waals surface area contributed by atoms with Gasteiger partial charge in [0.1, 0.15) is 11.5 Å². The minimum absolute atomic E-state index is 0.220. The molecule has 2 aromatic carbocycles. The molecule has 0 aromatic heterocycles. The van der Waals surface area contributed by atoms with Gasteiger partial charge in [-0.3, -0.25) is 14.5 Å². The van der Waals surface area contributed by atoms with Crippen LogP contribution in [0.2, 0.25) is 0 Å². The number of ether oxygens (including phenoxy) is 1. The number of benzene rings is 2. The highest BCUT2D eigenvalue weighted by molar-refractivity contribution is 6.36. The molecule has 0 radical (unpaired) electrons. The second-order valence-corrected chi connectivity index (χ2v) is 7.71. The maximum atomic E-state index is 13.5. The largest absolute Gasteiger partial charge is 0.381 e. The number of aryl methyl sites for hydroxylation is 1. The Hall–Kier alpha value is -2.99. The third-order valence-corrected chi connectivity index (χ3v) is 5.48. The number of nitrogens with one attached hydrogen (secondary N) is 1. The monoisotopic (exact) mass is 424 g/mol. The van der Waals surface area contributed by atoms with Gasteiger partial charge in [0.15, 0.2) is 0 Å². The van der Waals surface area contributed by atoms with Crippen LogP contribution in [0.3, 0.4) is 0 Å². The van der Waals surface area contributed by atoms with E-state index in [0.29, 0.717) is 25.2 Å². The number of nitrogens with zero attached hydrogens (tertiary/aromatic N) is 1. The Morgan fingerprint density at radius 2 is 1.68 bits per heavy atom. The molecule has 2 aromatic rings. The standard InChI is InChI=1S/C25H29FN2O3/c1-4-5-15-31-16-7-14-28-24(29)22(19-10-12-20(26)13-11-19)23(25(28)30)27-21-9-6-8-17(2)18(21)3/h6,8-13,27H,4-5,7,14-16H2,1-3H3. The maximum absolute atomic E-state index is 13.5. The number of amides is 2. The Bertz CT molecular complexity index is 983. The molecular formula is C25H29FN2O3. The number of anilines is 1. The Labute approximate surface area is 182 Å². The molecule has 0 aliphatic carbocycles. The summed E-state index contributed by atoms with van der Waals surface area (Å²) < 4.78 is 19.0. The summed E-state index contributed by atoms with van der Waals surface area (Å²) in [7, 11) is 0. The van der Waals surface area contributed by atoms with E-state index in [9.17, 15) is 14.0 Å². The van der Waals surface area contributed by atoms with Gasteiger partial charge in [0.2, 0.25) is 0 Å². The minimum atomic E-state index is -0.397. The molecule has 3 rings (SSSR count). The highest BCUT2D eigenvalue weighted by Crippen LogP contribution is 2.32. The second-order valence-electron chi connectivity index (χ2n) is 7.71. The van der Waals surface area contributed by atoms with Crippen molar-refractivity contribution in [3.8, 4) is 0 Å². The Morgan fingerprint density at radius 3 is 2.39 bits per heavy atom. The van der Waals surface area contributed by atoms with Crippen molar-refractivity contribution in [2.45, 2.75) is 40.0 Å². The Kier molecular flexibility index (Phi) is 7.58. The molecule has 6 heteroatoms. The highest BCUT2D eigenvalue weighted by atomic mass is 19.1. The molecule has 164 valence electrons. The molecule has 5 nitrogen and oxygen atoms in total. The normalized spacial score (nSPS) is 14.0. The number of rotatable bonds is 10. The van der Waals surface area contributed by atoms with Gasteiger partial charge in [-0.05, 0) is 61.6 Å². The van der Waals surface area contributed by atoms with Crippen molar-refractivity contribution in [2.75, 3.05) is 25.1 Å². The van der Waals surface area contributed by atoms with E-state index in [0.717, 1.165) is 29.7 Å². The average Bonchev–Trinajstić information content (AvgIpc) is 2.98. The molecule has 0 bridgehead atoms. The molecule has 0 atom stereocenters. The van der Waals surface area contributed by atoms with Crippen LogP contribution in [-0.2, 0) is 14.3 Å². The van der Waals surface area contributed by atoms with Crippen LogP contribution in [-0.4, -0.2) is 36.5 Å². The smallest absolute Gasteiger partial charge is 0.278 e. The van der Waals surface area contributed by atoms with Crippen molar-refractivity contribution in [3.63, 3.8) is 0 Å². The third-order valence-electron chi connectivity index (χ3n) is 5.48. The SMILES string of the molecule is CCCCOCCCN1C(=O)C(Nc2cccc(C)c2C)=C(c2ccc(F)cc2)C1=O. The minimum Gasteiger partial charge on any atom is -0.381 e. The topological polar surface area (TPSA) is 58.6 Å². The van der Waals surface area contributed by atoms with E-state index in [-0.39, 0.29) is 29.6 Å². The predicted octanol–water partition coefficient (Wildman–Crippen LogP) is 4.84. The molecule has 0 saturated heterocycles. The molecule has 0 fully saturated rings. The fourth-order valence-corrected chi connectivity index (χ4v) is 3.47. The third kappa shape index (κ3) is 5.20. The zero-order valence-corrected chi connectivity index (χ0v) is 18.3. The lowest BCUT2D eigenvalue weighted by molar-refractivity contribution is -0.137. The van der Waals surface area contributed by atoms with Crippen molar-refractivity contribution in [1.29, 1.82) is 0 Å². The van der Waals surface area contributed by atoms with E-state index in [1.54, 1.807) is 0 Å². The van der Waals surface area contributed by atoms with Crippen LogP contribution < -0.4 is 5.32 Å². The Morgan fingerprint density at radius 1 is 0.968 bits per heavy atom. The fraction of sp³-hybridized carbons (Fsp3) is 0.360. The quantitative estimate of drug-likeness (QED) is 0.438. The van der Waals surface area contributed by atoms with E-state index in [4.69, 9.17) is 4.74 Å². The summed E-state index contributed by atoms with van der Waals surface area (Å²) >= 11 is 0. The number of unbranched alkanes of at least 4 members (excludes halogenated alkanes) is 1. The summed E-state index contributed by atoms with van der Waals surface area (Å²) in [6.45, 7) is 7.48. The van der Waals surface area contributed by atoms with Crippen molar-refractivity contribution in [2.24, 2.45) is 0 Å². The number of imide groups is 1. The Balaban J connectivity index is 1.86. The summed E-state index contributed by atoms with van der Waals surface area (Å²) in [6.07, 6.45) is 2.61. The molecule has 1 heterocycles. The molecule has 1 N–H and O–H groups in total. The second kappa shape index (κ2) is 10.4. The molecule has 1 aliphatic heterocycles. The van der Waals surface area contributed by atoms with E-state index < -0.39 is 5.82 Å². The lowest BCUT2D eigenvalue weighted by Crippen LogP contribution is -2.34. The van der Waals surface area contributed by atoms with Gasteiger partial charge >= 0.3 is 0 Å². The van der Waals surface area contributed by atoms with Crippen LogP contribution in [0.5, 0.6) is 0 Å². The molecule has 1 aliphatic rings. The van der Waals surface area contributed by atoms with Gasteiger partial charge < -0.3 is 10.1 Å². The lowest BCUT2D eigenvalue weighted by atomic mass is 10.0. The number of carbonyl (C=O) groups excluding carboxylic acids is 2. The first-order valence-corrected chi connectivity index (χ1v) is 10.7. The zero-order chi connectivity index (χ0) is 22.4. The van der Waals surface area contributed by atoms with Gasteiger partial charge in [0, 0.05) is 25.4 Å². The fourth-order valence-electron chi connectivity index (χ4n) is 3.47. The number of carbonyl (C=O) groups is 2. The van der Waals surface area contributed by atoms with Gasteiger partial charge in [0.25, 0.3) is 11.8 Å². The van der Waals surface area contributed by atoms with Gasteiger partial charge in [-0.2, -0.15) is 0 Å². The summed E-state index contributed by atoms with van der Waals surface area (Å²) in [6, 6.07) is 11.4. The summed E-state index contributed by atoms with van der Waals surface area (Å²) in [5, 5.41) is 3.18. The van der Waals surface area contributed by atoms with Gasteiger partial charge in [0.05, 0.1) is 5.57 Å². The summed E-state index contributed by atoms with van der Waals surface area (Å²) in [4.78, 5) is 27.6. The van der Waals surface area contributed by atoms with Crippen LogP contribution in [0, 0.1) is 19.7 Å². The van der Waals surface area contributed by atoms with Gasteiger partial charge in [-0.15, -0.1) is 0 Å². The van der Waals surface area contributed by atoms with Gasteiger partial charge in [-0.25, -0.2) is 4.39 Å². The predicted molar refractivity (Wildman–Crippen MR) is 120 cm³/mol. The number of hydrogen-bond acceptors (Lipinski definition) is 4. The summed E-state index contributed by atoms with van der Waals surface area (Å²) in [5.41, 5.74) is 3.83. The zero-order valence-electron chi connectivity index (χ0n) is 18.3.